The van der Waals surface area contributed by atoms with Crippen LogP contribution in [0.15, 0.2) is 36.4 Å². The topological polar surface area (TPSA) is 78.3 Å². The van der Waals surface area contributed by atoms with Crippen molar-refractivity contribution >= 4 is 17.3 Å². The van der Waals surface area contributed by atoms with Crippen LogP contribution in [-0.4, -0.2) is 5.97 Å². The van der Waals surface area contributed by atoms with E-state index in [-0.39, 0.29) is 6.61 Å². The second kappa shape index (κ2) is 5.65. The second-order valence-electron chi connectivity index (χ2n) is 4.84. The molecular weight excluding hydrogens is 252 g/mol. The van der Waals surface area contributed by atoms with Crippen LogP contribution in [0.5, 0.6) is 0 Å². The molecule has 0 spiro atoms. The molecule has 0 unspecified atom stereocenters. The number of hydrogen-bond acceptors (Lipinski definition) is 4. The van der Waals surface area contributed by atoms with Gasteiger partial charge >= 0.3 is 5.97 Å². The molecule has 0 aliphatic rings. The number of ether oxygens (including phenoxy) is 1. The molecule has 2 aromatic rings. The molecule has 0 atom stereocenters. The number of carbonyl (C=O) groups is 1. The first-order chi connectivity index (χ1) is 9.47. The third-order valence-corrected chi connectivity index (χ3v) is 3.24. The SMILES string of the molecule is Cc1ccc(COC(=O)c2ccc(N)cc2N)cc1C. The number of benzene rings is 2. The number of carbonyl (C=O) groups excluding carboxylic acids is 1. The van der Waals surface area contributed by atoms with Gasteiger partial charge in [-0.3, -0.25) is 0 Å². The van der Waals surface area contributed by atoms with E-state index in [1.165, 1.54) is 11.1 Å². The molecule has 0 saturated carbocycles. The molecule has 20 heavy (non-hydrogen) atoms. The van der Waals surface area contributed by atoms with Gasteiger partial charge in [0.15, 0.2) is 0 Å². The van der Waals surface area contributed by atoms with Crippen LogP contribution in [-0.2, 0) is 11.3 Å². The Morgan fingerprint density at radius 2 is 1.80 bits per heavy atom. The normalized spacial score (nSPS) is 10.3. The summed E-state index contributed by atoms with van der Waals surface area (Å²) in [5.74, 6) is -0.444. The first-order valence-electron chi connectivity index (χ1n) is 6.35. The maximum absolute atomic E-state index is 12.0. The number of nitrogen functional groups attached to an aromatic ring is 2. The van der Waals surface area contributed by atoms with Gasteiger partial charge in [0.05, 0.1) is 5.56 Å². The Hall–Kier alpha value is -2.49. The molecule has 2 rings (SSSR count). The van der Waals surface area contributed by atoms with Crippen LogP contribution >= 0.6 is 0 Å². The van der Waals surface area contributed by atoms with E-state index in [4.69, 9.17) is 16.2 Å². The lowest BCUT2D eigenvalue weighted by Crippen LogP contribution is -2.08. The smallest absolute Gasteiger partial charge is 0.340 e. The van der Waals surface area contributed by atoms with Crippen LogP contribution < -0.4 is 11.5 Å². The van der Waals surface area contributed by atoms with E-state index < -0.39 is 5.97 Å². The quantitative estimate of drug-likeness (QED) is 0.664. The molecule has 4 N–H and O–H groups in total. The van der Waals surface area contributed by atoms with Gasteiger partial charge in [0, 0.05) is 11.4 Å². The van der Waals surface area contributed by atoms with E-state index in [0.29, 0.717) is 16.9 Å². The molecule has 104 valence electrons. The minimum absolute atomic E-state index is 0.226. The minimum atomic E-state index is -0.444. The van der Waals surface area contributed by atoms with Gasteiger partial charge in [0.2, 0.25) is 0 Å². The average molecular weight is 270 g/mol. The molecule has 0 aromatic heterocycles. The molecule has 4 nitrogen and oxygen atoms in total. The monoisotopic (exact) mass is 270 g/mol. The third-order valence-electron chi connectivity index (χ3n) is 3.24. The highest BCUT2D eigenvalue weighted by molar-refractivity contribution is 5.95. The molecular formula is C16H18N2O2. The zero-order valence-electron chi connectivity index (χ0n) is 11.6. The summed E-state index contributed by atoms with van der Waals surface area (Å²) in [4.78, 5) is 12.0. The van der Waals surface area contributed by atoms with Crippen molar-refractivity contribution in [3.63, 3.8) is 0 Å². The average Bonchev–Trinajstić information content (AvgIpc) is 2.40. The molecule has 4 heteroatoms. The van der Waals surface area contributed by atoms with Crippen molar-refractivity contribution in [3.8, 4) is 0 Å². The fraction of sp³-hybridized carbons (Fsp3) is 0.188. The zero-order chi connectivity index (χ0) is 14.7. The summed E-state index contributed by atoms with van der Waals surface area (Å²) in [6.45, 7) is 4.29. The first kappa shape index (κ1) is 13.9. The van der Waals surface area contributed by atoms with Crippen LogP contribution in [0, 0.1) is 13.8 Å². The molecule has 0 heterocycles. The summed E-state index contributed by atoms with van der Waals surface area (Å²) < 4.78 is 5.27. The van der Waals surface area contributed by atoms with E-state index in [1.54, 1.807) is 18.2 Å². The van der Waals surface area contributed by atoms with Crippen LogP contribution in [0.2, 0.25) is 0 Å². The number of esters is 1. The van der Waals surface area contributed by atoms with Gasteiger partial charge in [0.25, 0.3) is 0 Å². The molecule has 0 radical (unpaired) electrons. The van der Waals surface area contributed by atoms with Gasteiger partial charge < -0.3 is 16.2 Å². The summed E-state index contributed by atoms with van der Waals surface area (Å²) in [5, 5.41) is 0. The number of aryl methyl sites for hydroxylation is 2. The van der Waals surface area contributed by atoms with Crippen molar-refractivity contribution < 1.29 is 9.53 Å². The molecule has 0 fully saturated rings. The van der Waals surface area contributed by atoms with Crippen molar-refractivity contribution in [1.29, 1.82) is 0 Å². The molecule has 0 saturated heterocycles. The summed E-state index contributed by atoms with van der Waals surface area (Å²) in [7, 11) is 0. The van der Waals surface area contributed by atoms with E-state index in [2.05, 4.69) is 0 Å². The standard InChI is InChI=1S/C16H18N2O2/c1-10-3-4-12(7-11(10)2)9-20-16(19)14-6-5-13(17)8-15(14)18/h3-8H,9,17-18H2,1-2H3. The zero-order valence-corrected chi connectivity index (χ0v) is 11.6. The molecule has 2 aromatic carbocycles. The first-order valence-corrected chi connectivity index (χ1v) is 6.35. The Balaban J connectivity index is 2.06. The fourth-order valence-electron chi connectivity index (χ4n) is 1.89. The van der Waals surface area contributed by atoms with E-state index in [1.807, 2.05) is 32.0 Å². The van der Waals surface area contributed by atoms with E-state index in [0.717, 1.165) is 5.56 Å². The van der Waals surface area contributed by atoms with Crippen molar-refractivity contribution in [3.05, 3.63) is 58.7 Å². The Morgan fingerprint density at radius 3 is 2.45 bits per heavy atom. The summed E-state index contributed by atoms with van der Waals surface area (Å²) >= 11 is 0. The van der Waals surface area contributed by atoms with Crippen LogP contribution in [0.3, 0.4) is 0 Å². The van der Waals surface area contributed by atoms with Gasteiger partial charge in [-0.15, -0.1) is 0 Å². The third kappa shape index (κ3) is 3.09. The molecule has 0 aliphatic heterocycles. The number of nitrogens with two attached hydrogens (primary N) is 2. The predicted octanol–water partition coefficient (Wildman–Crippen LogP) is 2.82. The number of anilines is 2. The van der Waals surface area contributed by atoms with Gasteiger partial charge in [-0.25, -0.2) is 4.79 Å². The van der Waals surface area contributed by atoms with Crippen LogP contribution in [0.25, 0.3) is 0 Å². The number of hydrogen-bond donors (Lipinski definition) is 2. The lowest BCUT2D eigenvalue weighted by molar-refractivity contribution is 0.0474. The Morgan fingerprint density at radius 1 is 1.05 bits per heavy atom. The maximum Gasteiger partial charge on any atom is 0.340 e. The van der Waals surface area contributed by atoms with Gasteiger partial charge in [-0.1, -0.05) is 18.2 Å². The van der Waals surface area contributed by atoms with E-state index >= 15 is 0 Å². The van der Waals surface area contributed by atoms with Gasteiger partial charge in [0.1, 0.15) is 6.61 Å². The second-order valence-corrected chi connectivity index (χ2v) is 4.84. The molecule has 0 aliphatic carbocycles. The maximum atomic E-state index is 12.0. The van der Waals surface area contributed by atoms with Gasteiger partial charge in [-0.2, -0.15) is 0 Å². The summed E-state index contributed by atoms with van der Waals surface area (Å²) in [5.41, 5.74) is 15.9. The largest absolute Gasteiger partial charge is 0.457 e. The van der Waals surface area contributed by atoms with Crippen LogP contribution in [0.1, 0.15) is 27.0 Å². The Bertz CT molecular complexity index is 651. The summed E-state index contributed by atoms with van der Waals surface area (Å²) in [6, 6.07) is 10.7. The highest BCUT2D eigenvalue weighted by Crippen LogP contribution is 2.18. The van der Waals surface area contributed by atoms with Crippen molar-refractivity contribution in [2.45, 2.75) is 20.5 Å². The minimum Gasteiger partial charge on any atom is -0.457 e. The summed E-state index contributed by atoms with van der Waals surface area (Å²) in [6.07, 6.45) is 0. The fourth-order valence-corrected chi connectivity index (χ4v) is 1.89. The van der Waals surface area contributed by atoms with Crippen molar-refractivity contribution in [2.24, 2.45) is 0 Å². The van der Waals surface area contributed by atoms with E-state index in [9.17, 15) is 4.79 Å². The molecule has 0 amide bonds. The Labute approximate surface area is 118 Å². The van der Waals surface area contributed by atoms with Crippen molar-refractivity contribution in [2.75, 3.05) is 11.5 Å². The lowest BCUT2D eigenvalue weighted by Gasteiger charge is -2.09. The predicted molar refractivity (Wildman–Crippen MR) is 80.3 cm³/mol. The van der Waals surface area contributed by atoms with Gasteiger partial charge in [-0.05, 0) is 48.7 Å². The van der Waals surface area contributed by atoms with Crippen LogP contribution in [0.4, 0.5) is 11.4 Å². The number of rotatable bonds is 3. The highest BCUT2D eigenvalue weighted by atomic mass is 16.5. The van der Waals surface area contributed by atoms with Crippen molar-refractivity contribution in [1.82, 2.24) is 0 Å². The Kier molecular flexibility index (Phi) is 3.94. The lowest BCUT2D eigenvalue weighted by atomic mass is 10.1. The molecule has 0 bridgehead atoms. The highest BCUT2D eigenvalue weighted by Gasteiger charge is 2.11.